The molecule has 136 valence electrons. The summed E-state index contributed by atoms with van der Waals surface area (Å²) < 4.78 is 0.177. The van der Waals surface area contributed by atoms with Gasteiger partial charge in [0.1, 0.15) is 0 Å². The summed E-state index contributed by atoms with van der Waals surface area (Å²) in [6.45, 7) is 0. The molecule has 0 aliphatic carbocycles. The van der Waals surface area contributed by atoms with Crippen molar-refractivity contribution in [1.82, 2.24) is 15.4 Å². The van der Waals surface area contributed by atoms with E-state index in [-0.39, 0.29) is 16.2 Å². The molecule has 0 aliphatic rings. The van der Waals surface area contributed by atoms with Crippen molar-refractivity contribution >= 4 is 35.9 Å². The van der Waals surface area contributed by atoms with E-state index in [2.05, 4.69) is 20.5 Å². The van der Waals surface area contributed by atoms with E-state index in [1.165, 1.54) is 6.21 Å². The number of nitrogens with one attached hydrogen (secondary N) is 3. The zero-order valence-electron chi connectivity index (χ0n) is 14.0. The van der Waals surface area contributed by atoms with Crippen LogP contribution < -0.4 is 11.0 Å². The predicted molar refractivity (Wildman–Crippen MR) is 108 cm³/mol. The van der Waals surface area contributed by atoms with E-state index in [4.69, 9.17) is 23.8 Å². The SMILES string of the molecule is O=C(NN=Cc1[nH]c(=S)[nH]c(=O)c1Cc1ccc(Cl)cc1)c1ccccc1. The Morgan fingerprint density at radius 1 is 1.11 bits per heavy atom. The minimum absolute atomic E-state index is 0.177. The van der Waals surface area contributed by atoms with E-state index in [0.717, 1.165) is 5.56 Å². The zero-order valence-corrected chi connectivity index (χ0v) is 15.6. The van der Waals surface area contributed by atoms with Crippen LogP contribution in [0.4, 0.5) is 0 Å². The summed E-state index contributed by atoms with van der Waals surface area (Å²) in [5.41, 5.74) is 4.37. The van der Waals surface area contributed by atoms with E-state index in [1.54, 1.807) is 36.4 Å². The van der Waals surface area contributed by atoms with Gasteiger partial charge in [-0.2, -0.15) is 5.10 Å². The average molecular weight is 399 g/mol. The number of nitrogens with zero attached hydrogens (tertiary/aromatic N) is 1. The highest BCUT2D eigenvalue weighted by atomic mass is 35.5. The summed E-state index contributed by atoms with van der Waals surface area (Å²) in [6, 6.07) is 15.9. The molecule has 3 rings (SSSR count). The van der Waals surface area contributed by atoms with Gasteiger partial charge in [0, 0.05) is 22.6 Å². The first-order valence-electron chi connectivity index (χ1n) is 8.01. The molecule has 3 N–H and O–H groups in total. The minimum atomic E-state index is -0.352. The third-order valence-electron chi connectivity index (χ3n) is 3.76. The number of hydrogen-bond acceptors (Lipinski definition) is 4. The topological polar surface area (TPSA) is 90.1 Å². The summed E-state index contributed by atoms with van der Waals surface area (Å²) in [6.07, 6.45) is 1.73. The quantitative estimate of drug-likeness (QED) is 0.349. The largest absolute Gasteiger partial charge is 0.331 e. The highest BCUT2D eigenvalue weighted by Gasteiger charge is 2.09. The van der Waals surface area contributed by atoms with E-state index in [1.807, 2.05) is 18.2 Å². The van der Waals surface area contributed by atoms with Gasteiger partial charge < -0.3 is 4.98 Å². The van der Waals surface area contributed by atoms with Crippen LogP contribution in [0.3, 0.4) is 0 Å². The molecule has 0 saturated heterocycles. The highest BCUT2D eigenvalue weighted by Crippen LogP contribution is 2.13. The number of aromatic nitrogens is 2. The van der Waals surface area contributed by atoms with Gasteiger partial charge in [0.05, 0.1) is 11.9 Å². The maximum atomic E-state index is 12.3. The number of H-pyrrole nitrogens is 2. The predicted octanol–water partition coefficient (Wildman–Crippen LogP) is 3.44. The van der Waals surface area contributed by atoms with Gasteiger partial charge in [0.2, 0.25) is 0 Å². The third kappa shape index (κ3) is 4.99. The molecule has 8 heteroatoms. The van der Waals surface area contributed by atoms with Crippen LogP contribution in [0.5, 0.6) is 0 Å². The molecular formula is C19H15ClN4O2S. The van der Waals surface area contributed by atoms with Gasteiger partial charge in [-0.1, -0.05) is 41.9 Å². The second-order valence-corrected chi connectivity index (χ2v) is 6.51. The molecule has 0 saturated carbocycles. The minimum Gasteiger partial charge on any atom is -0.331 e. The van der Waals surface area contributed by atoms with Crippen LogP contribution in [0, 0.1) is 4.77 Å². The van der Waals surface area contributed by atoms with Crippen molar-refractivity contribution in [2.24, 2.45) is 5.10 Å². The molecule has 0 fully saturated rings. The highest BCUT2D eigenvalue weighted by molar-refractivity contribution is 7.71. The summed E-state index contributed by atoms with van der Waals surface area (Å²) in [4.78, 5) is 29.8. The summed E-state index contributed by atoms with van der Waals surface area (Å²) in [5, 5.41) is 4.56. The van der Waals surface area contributed by atoms with Crippen molar-refractivity contribution < 1.29 is 4.79 Å². The van der Waals surface area contributed by atoms with Gasteiger partial charge in [-0.05, 0) is 42.0 Å². The lowest BCUT2D eigenvalue weighted by atomic mass is 10.1. The lowest BCUT2D eigenvalue weighted by Gasteiger charge is -2.06. The number of rotatable bonds is 5. The van der Waals surface area contributed by atoms with Gasteiger partial charge >= 0.3 is 0 Å². The van der Waals surface area contributed by atoms with Gasteiger partial charge in [-0.3, -0.25) is 14.6 Å². The number of hydrazone groups is 1. The smallest absolute Gasteiger partial charge is 0.271 e. The average Bonchev–Trinajstić information content (AvgIpc) is 2.66. The summed E-state index contributed by atoms with van der Waals surface area (Å²) in [7, 11) is 0. The summed E-state index contributed by atoms with van der Waals surface area (Å²) in [5.74, 6) is -0.352. The molecule has 1 amide bonds. The van der Waals surface area contributed by atoms with Crippen molar-refractivity contribution in [2.75, 3.05) is 0 Å². The van der Waals surface area contributed by atoms with Crippen LogP contribution in [0.1, 0.15) is 27.2 Å². The number of amides is 1. The van der Waals surface area contributed by atoms with Crippen LogP contribution in [0.15, 0.2) is 64.5 Å². The van der Waals surface area contributed by atoms with Gasteiger partial charge in [0.15, 0.2) is 4.77 Å². The normalized spacial score (nSPS) is 10.9. The van der Waals surface area contributed by atoms with Gasteiger partial charge in [0.25, 0.3) is 11.5 Å². The first-order valence-corrected chi connectivity index (χ1v) is 8.80. The lowest BCUT2D eigenvalue weighted by molar-refractivity contribution is 0.0955. The molecule has 0 aliphatic heterocycles. The standard InChI is InChI=1S/C19H15ClN4O2S/c20-14-8-6-12(7-9-14)10-15-16(22-19(27)23-18(15)26)11-21-24-17(25)13-4-2-1-3-5-13/h1-9,11H,10H2,(H,24,25)(H2,22,23,26,27). The van der Waals surface area contributed by atoms with Crippen molar-refractivity contribution in [2.45, 2.75) is 6.42 Å². The first-order chi connectivity index (χ1) is 13.0. The maximum absolute atomic E-state index is 12.3. The Morgan fingerprint density at radius 3 is 2.52 bits per heavy atom. The number of carbonyl (C=O) groups excluding carboxylic acids is 1. The van der Waals surface area contributed by atoms with E-state index in [9.17, 15) is 9.59 Å². The molecule has 1 aromatic heterocycles. The Kier molecular flexibility index (Phi) is 5.95. The molecule has 0 radical (unpaired) electrons. The zero-order chi connectivity index (χ0) is 19.2. The molecule has 0 unspecified atom stereocenters. The third-order valence-corrected chi connectivity index (χ3v) is 4.22. The second-order valence-electron chi connectivity index (χ2n) is 5.67. The number of carbonyl (C=O) groups is 1. The molecular weight excluding hydrogens is 384 g/mol. The molecule has 3 aromatic rings. The Hall–Kier alpha value is -3.03. The monoisotopic (exact) mass is 398 g/mol. The van der Waals surface area contributed by atoms with Crippen LogP contribution >= 0.6 is 23.8 Å². The van der Waals surface area contributed by atoms with E-state index >= 15 is 0 Å². The Bertz CT molecular complexity index is 1090. The van der Waals surface area contributed by atoms with Crippen LogP contribution in [-0.4, -0.2) is 22.1 Å². The Labute approximate surface area is 164 Å². The fourth-order valence-electron chi connectivity index (χ4n) is 2.43. The van der Waals surface area contributed by atoms with Crippen molar-refractivity contribution in [3.05, 3.63) is 97.1 Å². The molecule has 0 bridgehead atoms. The molecule has 1 heterocycles. The lowest BCUT2D eigenvalue weighted by Crippen LogP contribution is -2.20. The van der Waals surface area contributed by atoms with E-state index in [0.29, 0.717) is 28.3 Å². The van der Waals surface area contributed by atoms with Gasteiger partial charge in [-0.15, -0.1) is 0 Å². The molecule has 2 aromatic carbocycles. The Balaban J connectivity index is 1.84. The Morgan fingerprint density at radius 2 is 1.81 bits per heavy atom. The van der Waals surface area contributed by atoms with Crippen molar-refractivity contribution in [3.63, 3.8) is 0 Å². The van der Waals surface area contributed by atoms with E-state index < -0.39 is 0 Å². The van der Waals surface area contributed by atoms with Crippen LogP contribution in [-0.2, 0) is 6.42 Å². The van der Waals surface area contributed by atoms with Crippen LogP contribution in [0.25, 0.3) is 0 Å². The second kappa shape index (κ2) is 8.57. The number of hydrogen-bond donors (Lipinski definition) is 3. The maximum Gasteiger partial charge on any atom is 0.271 e. The molecule has 0 spiro atoms. The van der Waals surface area contributed by atoms with Crippen molar-refractivity contribution in [3.8, 4) is 0 Å². The number of aromatic amines is 2. The molecule has 6 nitrogen and oxygen atoms in total. The first kappa shape index (κ1) is 18.8. The molecule has 27 heavy (non-hydrogen) atoms. The van der Waals surface area contributed by atoms with Gasteiger partial charge in [-0.25, -0.2) is 5.43 Å². The molecule has 0 atom stereocenters. The number of benzene rings is 2. The van der Waals surface area contributed by atoms with Crippen LogP contribution in [0.2, 0.25) is 5.02 Å². The number of halogens is 1. The fourth-order valence-corrected chi connectivity index (χ4v) is 2.76. The fraction of sp³-hybridized carbons (Fsp3) is 0.0526. The summed E-state index contributed by atoms with van der Waals surface area (Å²) >= 11 is 10.9. The van der Waals surface area contributed by atoms with Crippen molar-refractivity contribution in [1.29, 1.82) is 0 Å².